The SMILES string of the molecule is Cn1cc(CN2CCN(Cc3cccc(Br)c3F)CC2)c(C(F)F)n1. The largest absolute Gasteiger partial charge is 0.296 e. The number of rotatable bonds is 5. The summed E-state index contributed by atoms with van der Waals surface area (Å²) < 4.78 is 42.0. The Morgan fingerprint density at radius 1 is 1.08 bits per heavy atom. The topological polar surface area (TPSA) is 24.3 Å². The number of hydrogen-bond acceptors (Lipinski definition) is 3. The predicted molar refractivity (Wildman–Crippen MR) is 92.8 cm³/mol. The summed E-state index contributed by atoms with van der Waals surface area (Å²) in [6, 6.07) is 5.30. The number of nitrogens with zero attached hydrogens (tertiary/aromatic N) is 4. The van der Waals surface area contributed by atoms with Crippen molar-refractivity contribution in [1.29, 1.82) is 0 Å². The van der Waals surface area contributed by atoms with Gasteiger partial charge in [0.25, 0.3) is 6.43 Å². The molecular formula is C17H20BrF3N4. The van der Waals surface area contributed by atoms with Crippen LogP contribution in [0.15, 0.2) is 28.9 Å². The Kier molecular flexibility index (Phi) is 5.81. The second kappa shape index (κ2) is 7.88. The quantitative estimate of drug-likeness (QED) is 0.744. The maximum absolute atomic E-state index is 14.1. The van der Waals surface area contributed by atoms with Gasteiger partial charge in [0.05, 0.1) is 4.47 Å². The van der Waals surface area contributed by atoms with Crippen molar-refractivity contribution in [1.82, 2.24) is 19.6 Å². The number of aromatic nitrogens is 2. The van der Waals surface area contributed by atoms with E-state index in [-0.39, 0.29) is 11.5 Å². The molecule has 3 rings (SSSR count). The van der Waals surface area contributed by atoms with E-state index >= 15 is 0 Å². The molecule has 1 aliphatic heterocycles. The lowest BCUT2D eigenvalue weighted by Gasteiger charge is -2.34. The minimum atomic E-state index is -2.56. The zero-order valence-electron chi connectivity index (χ0n) is 13.9. The maximum atomic E-state index is 14.1. The van der Waals surface area contributed by atoms with Crippen LogP contribution >= 0.6 is 15.9 Å². The Balaban J connectivity index is 1.56. The maximum Gasteiger partial charge on any atom is 0.282 e. The monoisotopic (exact) mass is 416 g/mol. The van der Waals surface area contributed by atoms with Crippen molar-refractivity contribution in [3.63, 3.8) is 0 Å². The van der Waals surface area contributed by atoms with Gasteiger partial charge in [-0.3, -0.25) is 14.5 Å². The van der Waals surface area contributed by atoms with E-state index in [0.29, 0.717) is 28.7 Å². The first-order valence-corrected chi connectivity index (χ1v) is 8.91. The Hall–Kier alpha value is -1.38. The van der Waals surface area contributed by atoms with E-state index in [4.69, 9.17) is 0 Å². The van der Waals surface area contributed by atoms with Crippen molar-refractivity contribution in [2.75, 3.05) is 26.2 Å². The van der Waals surface area contributed by atoms with Crippen LogP contribution in [0.4, 0.5) is 13.2 Å². The predicted octanol–water partition coefficient (Wildman–Crippen LogP) is 3.58. The molecule has 1 aliphatic rings. The fourth-order valence-electron chi connectivity index (χ4n) is 3.12. The van der Waals surface area contributed by atoms with Crippen LogP contribution in [0.25, 0.3) is 0 Å². The van der Waals surface area contributed by atoms with Gasteiger partial charge >= 0.3 is 0 Å². The molecule has 0 N–H and O–H groups in total. The molecule has 2 aromatic rings. The Labute approximate surface area is 153 Å². The lowest BCUT2D eigenvalue weighted by atomic mass is 10.1. The molecule has 2 heterocycles. The van der Waals surface area contributed by atoms with Crippen molar-refractivity contribution in [2.45, 2.75) is 19.5 Å². The number of hydrogen-bond donors (Lipinski definition) is 0. The van der Waals surface area contributed by atoms with Crippen molar-refractivity contribution >= 4 is 15.9 Å². The van der Waals surface area contributed by atoms with Gasteiger partial charge in [-0.25, -0.2) is 13.2 Å². The zero-order chi connectivity index (χ0) is 18.0. The van der Waals surface area contributed by atoms with E-state index in [1.54, 1.807) is 25.4 Å². The second-order valence-electron chi connectivity index (χ2n) is 6.28. The Morgan fingerprint density at radius 2 is 1.68 bits per heavy atom. The van der Waals surface area contributed by atoms with Gasteiger partial charge in [0.15, 0.2) is 0 Å². The van der Waals surface area contributed by atoms with Gasteiger partial charge in [0, 0.05) is 63.6 Å². The number of benzene rings is 1. The first-order valence-electron chi connectivity index (χ1n) is 8.12. The number of halogens is 4. The van der Waals surface area contributed by atoms with Gasteiger partial charge in [-0.1, -0.05) is 12.1 Å². The lowest BCUT2D eigenvalue weighted by molar-refractivity contribution is 0.116. The Morgan fingerprint density at radius 3 is 2.28 bits per heavy atom. The smallest absolute Gasteiger partial charge is 0.282 e. The van der Waals surface area contributed by atoms with Crippen LogP contribution in [-0.4, -0.2) is 45.8 Å². The van der Waals surface area contributed by atoms with Crippen LogP contribution < -0.4 is 0 Å². The van der Waals surface area contributed by atoms with E-state index in [1.807, 2.05) is 6.07 Å². The third-order valence-corrected chi connectivity index (χ3v) is 5.04. The van der Waals surface area contributed by atoms with Crippen molar-refractivity contribution in [2.24, 2.45) is 7.05 Å². The molecule has 8 heteroatoms. The van der Waals surface area contributed by atoms with Gasteiger partial charge in [0.1, 0.15) is 11.5 Å². The average molecular weight is 417 g/mol. The van der Waals surface area contributed by atoms with Gasteiger partial charge in [0.2, 0.25) is 0 Å². The minimum absolute atomic E-state index is 0.138. The van der Waals surface area contributed by atoms with Crippen molar-refractivity contribution in [3.05, 3.63) is 51.5 Å². The lowest BCUT2D eigenvalue weighted by Crippen LogP contribution is -2.45. The number of aryl methyl sites for hydroxylation is 1. The first kappa shape index (κ1) is 18.4. The average Bonchev–Trinajstić information content (AvgIpc) is 2.94. The summed E-state index contributed by atoms with van der Waals surface area (Å²) in [5, 5.41) is 3.85. The fraction of sp³-hybridized carbons (Fsp3) is 0.471. The van der Waals surface area contributed by atoms with Crippen molar-refractivity contribution < 1.29 is 13.2 Å². The molecule has 25 heavy (non-hydrogen) atoms. The van der Waals surface area contributed by atoms with Crippen LogP contribution in [0.5, 0.6) is 0 Å². The molecular weight excluding hydrogens is 397 g/mol. The van der Waals surface area contributed by atoms with Crippen LogP contribution in [0.1, 0.15) is 23.2 Å². The van der Waals surface area contributed by atoms with Gasteiger partial charge in [-0.05, 0) is 22.0 Å². The summed E-state index contributed by atoms with van der Waals surface area (Å²) >= 11 is 3.21. The van der Waals surface area contributed by atoms with E-state index in [9.17, 15) is 13.2 Å². The summed E-state index contributed by atoms with van der Waals surface area (Å²) in [7, 11) is 1.65. The van der Waals surface area contributed by atoms with E-state index in [0.717, 1.165) is 26.2 Å². The molecule has 136 valence electrons. The molecule has 0 radical (unpaired) electrons. The molecule has 0 atom stereocenters. The molecule has 1 saturated heterocycles. The first-order chi connectivity index (χ1) is 11.9. The summed E-state index contributed by atoms with van der Waals surface area (Å²) in [5.74, 6) is -0.220. The molecule has 1 aromatic carbocycles. The van der Waals surface area contributed by atoms with Gasteiger partial charge < -0.3 is 0 Å². The molecule has 0 spiro atoms. The molecule has 1 aromatic heterocycles. The molecule has 0 aliphatic carbocycles. The second-order valence-corrected chi connectivity index (χ2v) is 7.13. The number of alkyl halides is 2. The van der Waals surface area contributed by atoms with Crippen LogP contribution in [0.3, 0.4) is 0 Å². The highest BCUT2D eigenvalue weighted by Gasteiger charge is 2.23. The molecule has 0 amide bonds. The molecule has 0 unspecified atom stereocenters. The zero-order valence-corrected chi connectivity index (χ0v) is 15.5. The highest BCUT2D eigenvalue weighted by molar-refractivity contribution is 9.10. The fourth-order valence-corrected chi connectivity index (χ4v) is 3.53. The number of piperazine rings is 1. The van der Waals surface area contributed by atoms with E-state index in [1.165, 1.54) is 4.68 Å². The molecule has 0 bridgehead atoms. The van der Waals surface area contributed by atoms with Crippen LogP contribution in [-0.2, 0) is 20.1 Å². The van der Waals surface area contributed by atoms with Crippen molar-refractivity contribution in [3.8, 4) is 0 Å². The minimum Gasteiger partial charge on any atom is -0.296 e. The van der Waals surface area contributed by atoms with Gasteiger partial charge in [-0.15, -0.1) is 0 Å². The van der Waals surface area contributed by atoms with Gasteiger partial charge in [-0.2, -0.15) is 5.10 Å². The molecule has 1 fully saturated rings. The van der Waals surface area contributed by atoms with E-state index in [2.05, 4.69) is 30.8 Å². The highest BCUT2D eigenvalue weighted by Crippen LogP contribution is 2.23. The third-order valence-electron chi connectivity index (χ3n) is 4.43. The molecule has 4 nitrogen and oxygen atoms in total. The summed E-state index contributed by atoms with van der Waals surface area (Å²) in [5.41, 5.74) is 1.10. The van der Waals surface area contributed by atoms with Crippen LogP contribution in [0.2, 0.25) is 0 Å². The summed E-state index contributed by atoms with van der Waals surface area (Å²) in [6.45, 7) is 4.08. The summed E-state index contributed by atoms with van der Waals surface area (Å²) in [6.07, 6.45) is -0.901. The summed E-state index contributed by atoms with van der Waals surface area (Å²) in [4.78, 5) is 4.31. The third kappa shape index (κ3) is 4.43. The highest BCUT2D eigenvalue weighted by atomic mass is 79.9. The Bertz CT molecular complexity index is 727. The molecule has 0 saturated carbocycles. The van der Waals surface area contributed by atoms with E-state index < -0.39 is 6.43 Å². The van der Waals surface area contributed by atoms with Crippen LogP contribution in [0, 0.1) is 5.82 Å². The normalized spacial score (nSPS) is 16.7. The standard InChI is InChI=1S/C17H20BrF3N4/c1-23-9-13(16(22-23)17(20)21)11-25-7-5-24(6-8-25)10-12-3-2-4-14(18)15(12)19/h2-4,9,17H,5-8,10-11H2,1H3.